The maximum Gasteiger partial charge on any atom is 0.269 e. The predicted octanol–water partition coefficient (Wildman–Crippen LogP) is 1.53. The molecule has 0 aliphatic carbocycles. The Bertz CT molecular complexity index is 560. The number of hydrogen-bond acceptors (Lipinski definition) is 4. The first-order chi connectivity index (χ1) is 10.3. The van der Waals surface area contributed by atoms with Gasteiger partial charge in [-0.3, -0.25) is 9.78 Å². The lowest BCUT2D eigenvalue weighted by molar-refractivity contribution is 0.0948. The van der Waals surface area contributed by atoms with Crippen molar-refractivity contribution in [3.05, 3.63) is 59.9 Å². The molecule has 2 heterocycles. The Morgan fingerprint density at radius 2 is 2.10 bits per heavy atom. The number of halogens is 1. The van der Waals surface area contributed by atoms with Crippen molar-refractivity contribution in [1.82, 2.24) is 20.6 Å². The second kappa shape index (κ2) is 8.06. The highest BCUT2D eigenvalue weighted by Crippen LogP contribution is 1.98. The monoisotopic (exact) mass is 288 g/mol. The van der Waals surface area contributed by atoms with Crippen LogP contribution in [-0.4, -0.2) is 29.0 Å². The van der Waals surface area contributed by atoms with E-state index in [9.17, 15) is 9.18 Å². The molecule has 0 saturated heterocycles. The van der Waals surface area contributed by atoms with E-state index in [1.165, 1.54) is 12.1 Å². The quantitative estimate of drug-likeness (QED) is 0.758. The topological polar surface area (TPSA) is 66.9 Å². The Hall–Kier alpha value is -2.34. The van der Waals surface area contributed by atoms with Gasteiger partial charge in [0.2, 0.25) is 0 Å². The smallest absolute Gasteiger partial charge is 0.269 e. The van der Waals surface area contributed by atoms with Gasteiger partial charge in [0, 0.05) is 25.5 Å². The van der Waals surface area contributed by atoms with E-state index in [4.69, 9.17) is 0 Å². The first-order valence-corrected chi connectivity index (χ1v) is 6.75. The van der Waals surface area contributed by atoms with Crippen molar-refractivity contribution in [2.75, 3.05) is 13.1 Å². The van der Waals surface area contributed by atoms with E-state index >= 15 is 0 Å². The fraction of sp³-hybridized carbons (Fsp3) is 0.267. The van der Waals surface area contributed by atoms with Crippen LogP contribution in [0, 0.1) is 5.82 Å². The third-order valence-electron chi connectivity index (χ3n) is 2.83. The van der Waals surface area contributed by atoms with Gasteiger partial charge in [-0.25, -0.2) is 9.37 Å². The lowest BCUT2D eigenvalue weighted by Gasteiger charge is -2.06. The minimum atomic E-state index is -0.453. The molecular formula is C15H17FN4O. The summed E-state index contributed by atoms with van der Waals surface area (Å²) in [6, 6.07) is 6.48. The molecule has 1 amide bonds. The number of amides is 1. The number of carbonyl (C=O) groups is 1. The molecule has 0 aliphatic rings. The van der Waals surface area contributed by atoms with Crippen molar-refractivity contribution in [2.24, 2.45) is 0 Å². The Labute approximate surface area is 122 Å². The molecule has 0 atom stereocenters. The molecule has 6 heteroatoms. The highest BCUT2D eigenvalue weighted by molar-refractivity contribution is 5.92. The maximum atomic E-state index is 12.7. The molecule has 0 bridgehead atoms. The summed E-state index contributed by atoms with van der Waals surface area (Å²) >= 11 is 0. The van der Waals surface area contributed by atoms with Crippen molar-refractivity contribution in [2.45, 2.75) is 13.0 Å². The molecule has 110 valence electrons. The van der Waals surface area contributed by atoms with E-state index < -0.39 is 5.82 Å². The molecular weight excluding hydrogens is 271 g/mol. The van der Waals surface area contributed by atoms with Gasteiger partial charge in [0.1, 0.15) is 11.5 Å². The van der Waals surface area contributed by atoms with Crippen LogP contribution in [0.1, 0.15) is 22.5 Å². The Morgan fingerprint density at radius 3 is 2.81 bits per heavy atom. The molecule has 2 aromatic rings. The lowest BCUT2D eigenvalue weighted by atomic mass is 10.3. The summed E-state index contributed by atoms with van der Waals surface area (Å²) in [5.41, 5.74) is 1.34. The zero-order valence-corrected chi connectivity index (χ0v) is 11.6. The van der Waals surface area contributed by atoms with E-state index in [-0.39, 0.29) is 11.6 Å². The van der Waals surface area contributed by atoms with Crippen LogP contribution >= 0.6 is 0 Å². The van der Waals surface area contributed by atoms with Crippen LogP contribution in [0.25, 0.3) is 0 Å². The molecule has 2 rings (SSSR count). The average molecular weight is 288 g/mol. The predicted molar refractivity (Wildman–Crippen MR) is 77.1 cm³/mol. The van der Waals surface area contributed by atoms with E-state index in [2.05, 4.69) is 20.6 Å². The SMILES string of the molecule is O=C(NCCCNCc1cccnc1)c1ccc(F)cn1. The second-order valence-corrected chi connectivity index (χ2v) is 4.51. The highest BCUT2D eigenvalue weighted by Gasteiger charge is 2.05. The van der Waals surface area contributed by atoms with Crippen LogP contribution in [0.3, 0.4) is 0 Å². The van der Waals surface area contributed by atoms with Crippen LogP contribution in [0.5, 0.6) is 0 Å². The summed E-state index contributed by atoms with van der Waals surface area (Å²) in [6.07, 6.45) is 5.38. The van der Waals surface area contributed by atoms with Gasteiger partial charge in [-0.05, 0) is 36.7 Å². The first kappa shape index (κ1) is 15.1. The number of nitrogens with zero attached hydrogens (tertiary/aromatic N) is 2. The minimum Gasteiger partial charge on any atom is -0.351 e. The zero-order valence-electron chi connectivity index (χ0n) is 11.6. The summed E-state index contributed by atoms with van der Waals surface area (Å²) in [6.45, 7) is 2.07. The molecule has 0 aliphatic heterocycles. The normalized spacial score (nSPS) is 10.3. The number of aromatic nitrogens is 2. The van der Waals surface area contributed by atoms with Crippen molar-refractivity contribution in [1.29, 1.82) is 0 Å². The third kappa shape index (κ3) is 5.27. The number of carbonyl (C=O) groups excluding carboxylic acids is 1. The van der Waals surface area contributed by atoms with E-state index in [0.717, 1.165) is 31.3 Å². The summed E-state index contributed by atoms with van der Waals surface area (Å²) in [4.78, 5) is 19.4. The molecule has 21 heavy (non-hydrogen) atoms. The summed E-state index contributed by atoms with van der Waals surface area (Å²) in [7, 11) is 0. The van der Waals surface area contributed by atoms with Crippen LogP contribution in [-0.2, 0) is 6.54 Å². The molecule has 0 saturated carbocycles. The Balaban J connectivity index is 1.59. The summed E-state index contributed by atoms with van der Waals surface area (Å²) in [5.74, 6) is -0.742. The molecule has 0 unspecified atom stereocenters. The molecule has 0 fully saturated rings. The summed E-state index contributed by atoms with van der Waals surface area (Å²) in [5, 5.41) is 6.01. The Morgan fingerprint density at radius 1 is 1.19 bits per heavy atom. The lowest BCUT2D eigenvalue weighted by Crippen LogP contribution is -2.27. The Kier molecular flexibility index (Phi) is 5.78. The fourth-order valence-electron chi connectivity index (χ4n) is 1.75. The standard InChI is InChI=1S/C15H17FN4O/c16-13-4-5-14(20-11-13)15(21)19-8-2-7-18-10-12-3-1-6-17-9-12/h1,3-6,9,11,18H,2,7-8,10H2,(H,19,21). The van der Waals surface area contributed by atoms with Gasteiger partial charge in [-0.15, -0.1) is 0 Å². The van der Waals surface area contributed by atoms with Gasteiger partial charge in [-0.1, -0.05) is 6.07 Å². The van der Waals surface area contributed by atoms with E-state index in [1.807, 2.05) is 18.3 Å². The molecule has 0 aromatic carbocycles. The van der Waals surface area contributed by atoms with Gasteiger partial charge in [-0.2, -0.15) is 0 Å². The first-order valence-electron chi connectivity index (χ1n) is 6.75. The number of rotatable bonds is 7. The van der Waals surface area contributed by atoms with Crippen molar-refractivity contribution >= 4 is 5.91 Å². The van der Waals surface area contributed by atoms with Gasteiger partial charge in [0.25, 0.3) is 5.91 Å². The largest absolute Gasteiger partial charge is 0.351 e. The van der Waals surface area contributed by atoms with Crippen molar-refractivity contribution in [3.63, 3.8) is 0 Å². The van der Waals surface area contributed by atoms with Crippen LogP contribution in [0.4, 0.5) is 4.39 Å². The molecule has 0 spiro atoms. The summed E-state index contributed by atoms with van der Waals surface area (Å²) < 4.78 is 12.7. The van der Waals surface area contributed by atoms with E-state index in [0.29, 0.717) is 6.54 Å². The maximum absolute atomic E-state index is 12.7. The number of pyridine rings is 2. The molecule has 5 nitrogen and oxygen atoms in total. The van der Waals surface area contributed by atoms with Gasteiger partial charge < -0.3 is 10.6 Å². The molecule has 2 N–H and O–H groups in total. The van der Waals surface area contributed by atoms with Crippen LogP contribution < -0.4 is 10.6 Å². The fourth-order valence-corrected chi connectivity index (χ4v) is 1.75. The van der Waals surface area contributed by atoms with Crippen LogP contribution in [0.15, 0.2) is 42.9 Å². The highest BCUT2D eigenvalue weighted by atomic mass is 19.1. The van der Waals surface area contributed by atoms with Gasteiger partial charge >= 0.3 is 0 Å². The molecule has 2 aromatic heterocycles. The average Bonchev–Trinajstić information content (AvgIpc) is 2.52. The second-order valence-electron chi connectivity index (χ2n) is 4.51. The van der Waals surface area contributed by atoms with Crippen molar-refractivity contribution < 1.29 is 9.18 Å². The zero-order chi connectivity index (χ0) is 14.9. The molecule has 0 radical (unpaired) electrons. The number of hydrogen-bond donors (Lipinski definition) is 2. The van der Waals surface area contributed by atoms with Gasteiger partial charge in [0.05, 0.1) is 6.20 Å². The van der Waals surface area contributed by atoms with Gasteiger partial charge in [0.15, 0.2) is 0 Å². The number of nitrogens with one attached hydrogen (secondary N) is 2. The van der Waals surface area contributed by atoms with Crippen molar-refractivity contribution in [3.8, 4) is 0 Å². The third-order valence-corrected chi connectivity index (χ3v) is 2.83. The minimum absolute atomic E-state index is 0.222. The van der Waals surface area contributed by atoms with Crippen LogP contribution in [0.2, 0.25) is 0 Å². The van der Waals surface area contributed by atoms with E-state index in [1.54, 1.807) is 6.20 Å².